The highest BCUT2D eigenvalue weighted by atomic mass is 16.5. The van der Waals surface area contributed by atoms with Crippen LogP contribution in [0.5, 0.6) is 0 Å². The Kier molecular flexibility index (Phi) is 1.57. The average Bonchev–Trinajstić information content (AvgIpc) is 2.69. The Hall–Kier alpha value is -0.830. The molecular weight excluding hydrogens is 180 g/mol. The van der Waals surface area contributed by atoms with Crippen molar-refractivity contribution in [2.75, 3.05) is 6.61 Å². The van der Waals surface area contributed by atoms with Gasteiger partial charge in [0.2, 0.25) is 0 Å². The molecule has 3 rings (SSSR count). The minimum Gasteiger partial charge on any atom is -0.465 e. The fourth-order valence-electron chi connectivity index (χ4n) is 3.37. The summed E-state index contributed by atoms with van der Waals surface area (Å²) in [6.07, 6.45) is 6.36. The lowest BCUT2D eigenvalue weighted by atomic mass is 9.66. The van der Waals surface area contributed by atoms with Crippen molar-refractivity contribution in [3.05, 3.63) is 12.2 Å². The molecule has 0 aromatic rings. The Morgan fingerprint density at radius 1 is 1.57 bits per heavy atom. The van der Waals surface area contributed by atoms with Crippen molar-refractivity contribution in [3.8, 4) is 0 Å². The lowest BCUT2D eigenvalue weighted by molar-refractivity contribution is -0.141. The van der Waals surface area contributed by atoms with E-state index in [9.17, 15) is 9.90 Å². The number of rotatable bonds is 0. The molecule has 0 unspecified atom stereocenters. The third-order valence-corrected chi connectivity index (χ3v) is 4.16. The van der Waals surface area contributed by atoms with E-state index in [1.54, 1.807) is 0 Å². The number of ether oxygens (including phenoxy) is 1. The molecule has 1 heterocycles. The van der Waals surface area contributed by atoms with Gasteiger partial charge in [0.05, 0.1) is 18.6 Å². The van der Waals surface area contributed by atoms with Gasteiger partial charge in [0.1, 0.15) is 0 Å². The first-order valence-electron chi connectivity index (χ1n) is 5.25. The normalized spacial score (nSPS) is 50.1. The van der Waals surface area contributed by atoms with Gasteiger partial charge in [0.15, 0.2) is 0 Å². The summed E-state index contributed by atoms with van der Waals surface area (Å²) in [4.78, 5) is 11.5. The summed E-state index contributed by atoms with van der Waals surface area (Å²) < 4.78 is 5.16. The van der Waals surface area contributed by atoms with Gasteiger partial charge in [-0.3, -0.25) is 4.79 Å². The lowest BCUT2D eigenvalue weighted by Crippen LogP contribution is -2.38. The van der Waals surface area contributed by atoms with Gasteiger partial charge in [-0.2, -0.15) is 0 Å². The second-order valence-electron chi connectivity index (χ2n) is 4.69. The largest absolute Gasteiger partial charge is 0.465 e. The maximum absolute atomic E-state index is 11.5. The molecule has 0 radical (unpaired) electrons. The number of aliphatic hydroxyl groups excluding tert-OH is 1. The fourth-order valence-corrected chi connectivity index (χ4v) is 3.37. The fraction of sp³-hybridized carbons (Fsp3) is 0.727. The predicted molar refractivity (Wildman–Crippen MR) is 49.4 cm³/mol. The Morgan fingerprint density at radius 2 is 2.43 bits per heavy atom. The lowest BCUT2D eigenvalue weighted by Gasteiger charge is -2.35. The Labute approximate surface area is 82.8 Å². The molecule has 0 aromatic heterocycles. The maximum atomic E-state index is 11.5. The SMILES string of the molecule is O=C1OC[C@]23CC[C@H](O)[C@@H]2C=CC[C@H]13. The molecule has 3 aliphatic rings. The van der Waals surface area contributed by atoms with Crippen LogP contribution < -0.4 is 0 Å². The minimum absolute atomic E-state index is 0.00894. The number of hydrogen-bond donors (Lipinski definition) is 1. The van der Waals surface area contributed by atoms with Crippen molar-refractivity contribution < 1.29 is 14.6 Å². The highest BCUT2D eigenvalue weighted by molar-refractivity contribution is 5.76. The quantitative estimate of drug-likeness (QED) is 0.460. The summed E-state index contributed by atoms with van der Waals surface area (Å²) in [5.41, 5.74) is -0.0642. The van der Waals surface area contributed by atoms with Gasteiger partial charge >= 0.3 is 5.97 Å². The third-order valence-electron chi connectivity index (χ3n) is 4.16. The number of carbonyl (C=O) groups is 1. The van der Waals surface area contributed by atoms with E-state index in [4.69, 9.17) is 4.74 Å². The summed E-state index contributed by atoms with van der Waals surface area (Å²) in [5.74, 6) is 0.0933. The van der Waals surface area contributed by atoms with E-state index in [1.165, 1.54) is 0 Å². The van der Waals surface area contributed by atoms with E-state index in [0.717, 1.165) is 19.3 Å². The monoisotopic (exact) mass is 194 g/mol. The molecule has 2 aliphatic carbocycles. The second kappa shape index (κ2) is 2.60. The van der Waals surface area contributed by atoms with Crippen molar-refractivity contribution in [2.24, 2.45) is 17.3 Å². The van der Waals surface area contributed by atoms with Gasteiger partial charge in [0.25, 0.3) is 0 Å². The highest BCUT2D eigenvalue weighted by Gasteiger charge is 2.59. The van der Waals surface area contributed by atoms with Gasteiger partial charge in [-0.15, -0.1) is 0 Å². The number of hydrogen-bond acceptors (Lipinski definition) is 3. The van der Waals surface area contributed by atoms with Crippen LogP contribution in [-0.2, 0) is 9.53 Å². The molecular formula is C11H14O3. The summed E-state index contributed by atoms with van der Waals surface area (Å²) in [6, 6.07) is 0. The molecule has 14 heavy (non-hydrogen) atoms. The Morgan fingerprint density at radius 3 is 3.29 bits per heavy atom. The van der Waals surface area contributed by atoms with Crippen molar-refractivity contribution >= 4 is 5.97 Å². The van der Waals surface area contributed by atoms with Crippen LogP contribution in [0.4, 0.5) is 0 Å². The molecule has 1 saturated carbocycles. The molecule has 0 aromatic carbocycles. The van der Waals surface area contributed by atoms with E-state index in [1.807, 2.05) is 6.08 Å². The van der Waals surface area contributed by atoms with E-state index < -0.39 is 0 Å². The number of cyclic esters (lactones) is 1. The summed E-state index contributed by atoms with van der Waals surface area (Å²) in [6.45, 7) is 0.516. The molecule has 2 fully saturated rings. The number of allylic oxidation sites excluding steroid dienone is 1. The summed E-state index contributed by atoms with van der Waals surface area (Å²) in [7, 11) is 0. The van der Waals surface area contributed by atoms with Gasteiger partial charge in [-0.25, -0.2) is 0 Å². The zero-order valence-corrected chi connectivity index (χ0v) is 7.98. The van der Waals surface area contributed by atoms with Crippen LogP contribution in [0.25, 0.3) is 0 Å². The first kappa shape index (κ1) is 8.48. The van der Waals surface area contributed by atoms with Crippen molar-refractivity contribution in [1.29, 1.82) is 0 Å². The van der Waals surface area contributed by atoms with Crippen LogP contribution in [0, 0.1) is 17.3 Å². The number of esters is 1. The summed E-state index contributed by atoms with van der Waals surface area (Å²) in [5, 5.41) is 9.83. The molecule has 3 heteroatoms. The van der Waals surface area contributed by atoms with Crippen LogP contribution in [0.15, 0.2) is 12.2 Å². The zero-order valence-electron chi connectivity index (χ0n) is 7.98. The van der Waals surface area contributed by atoms with Gasteiger partial charge < -0.3 is 9.84 Å². The van der Waals surface area contributed by atoms with Gasteiger partial charge in [-0.05, 0) is 19.3 Å². The smallest absolute Gasteiger partial charge is 0.309 e. The Bertz CT molecular complexity index is 310. The molecule has 0 amide bonds. The molecule has 76 valence electrons. The average molecular weight is 194 g/mol. The van der Waals surface area contributed by atoms with E-state index in [2.05, 4.69) is 6.08 Å². The van der Waals surface area contributed by atoms with E-state index in [0.29, 0.717) is 6.61 Å². The standard InChI is InChI=1S/C11H14O3/c12-9-4-5-11-6-14-10(13)8(11)3-1-2-7(9)11/h1-2,7-9,12H,3-6H2/t7-,8+,9-,11+/m0/s1. The van der Waals surface area contributed by atoms with Crippen LogP contribution in [0.3, 0.4) is 0 Å². The van der Waals surface area contributed by atoms with Crippen molar-refractivity contribution in [3.63, 3.8) is 0 Å². The summed E-state index contributed by atoms with van der Waals surface area (Å²) >= 11 is 0. The van der Waals surface area contributed by atoms with Crippen LogP contribution >= 0.6 is 0 Å². The molecule has 1 spiro atoms. The molecule has 1 N–H and O–H groups in total. The maximum Gasteiger partial charge on any atom is 0.309 e. The third kappa shape index (κ3) is 0.836. The minimum atomic E-state index is -0.274. The first-order valence-corrected chi connectivity index (χ1v) is 5.25. The zero-order chi connectivity index (χ0) is 9.76. The van der Waals surface area contributed by atoms with Gasteiger partial charge in [0, 0.05) is 11.3 Å². The molecule has 0 bridgehead atoms. The predicted octanol–water partition coefficient (Wildman–Crippen LogP) is 0.877. The van der Waals surface area contributed by atoms with Crippen LogP contribution in [-0.4, -0.2) is 23.8 Å². The van der Waals surface area contributed by atoms with Crippen molar-refractivity contribution in [1.82, 2.24) is 0 Å². The molecule has 1 saturated heterocycles. The first-order chi connectivity index (χ1) is 6.74. The molecule has 1 aliphatic heterocycles. The molecule has 3 nitrogen and oxygen atoms in total. The van der Waals surface area contributed by atoms with E-state index in [-0.39, 0.29) is 29.3 Å². The van der Waals surface area contributed by atoms with Crippen LogP contribution in [0.1, 0.15) is 19.3 Å². The topological polar surface area (TPSA) is 46.5 Å². The van der Waals surface area contributed by atoms with Crippen molar-refractivity contribution in [2.45, 2.75) is 25.4 Å². The van der Waals surface area contributed by atoms with Gasteiger partial charge in [-0.1, -0.05) is 12.2 Å². The Balaban J connectivity index is 2.04. The highest BCUT2D eigenvalue weighted by Crippen LogP contribution is 2.56. The van der Waals surface area contributed by atoms with Crippen LogP contribution in [0.2, 0.25) is 0 Å². The number of carbonyl (C=O) groups excluding carboxylic acids is 1. The molecule has 4 atom stereocenters. The second-order valence-corrected chi connectivity index (χ2v) is 4.69. The number of aliphatic hydroxyl groups is 1. The van der Waals surface area contributed by atoms with E-state index >= 15 is 0 Å².